The number of rotatable bonds is 7. The number of thiazole rings is 1. The second-order valence-corrected chi connectivity index (χ2v) is 6.59. The van der Waals surface area contributed by atoms with E-state index in [-0.39, 0.29) is 29.9 Å². The number of carbonyl (C=O) groups is 1. The molecule has 0 fully saturated rings. The Morgan fingerprint density at radius 1 is 1.35 bits per heavy atom. The van der Waals surface area contributed by atoms with Gasteiger partial charge in [0.1, 0.15) is 17.4 Å². The fourth-order valence-corrected chi connectivity index (χ4v) is 2.80. The summed E-state index contributed by atoms with van der Waals surface area (Å²) >= 11 is 1.66. The maximum atomic E-state index is 11.1. The molecule has 0 aliphatic rings. The normalized spacial score (nSPS) is 10.7. The Balaban J connectivity index is 0.00000338. The van der Waals surface area contributed by atoms with Crippen molar-refractivity contribution in [2.24, 2.45) is 4.99 Å². The molecule has 0 spiro atoms. The number of benzene rings is 1. The molecule has 0 aliphatic heterocycles. The molecule has 1 amide bonds. The van der Waals surface area contributed by atoms with Crippen LogP contribution in [0.25, 0.3) is 0 Å². The van der Waals surface area contributed by atoms with E-state index < -0.39 is 0 Å². The third kappa shape index (κ3) is 8.00. The number of aromatic nitrogens is 1. The topological polar surface area (TPSA) is 87.6 Å². The van der Waals surface area contributed by atoms with Crippen molar-refractivity contribution in [3.8, 4) is 5.75 Å². The average Bonchev–Trinajstić information content (AvgIpc) is 2.99. The van der Waals surface area contributed by atoms with E-state index in [9.17, 15) is 4.79 Å². The number of ether oxygens (including phenoxy) is 1. The van der Waals surface area contributed by atoms with Crippen LogP contribution >= 0.6 is 35.3 Å². The number of carbonyl (C=O) groups excluding carboxylic acids is 1. The van der Waals surface area contributed by atoms with Crippen LogP contribution in [0.1, 0.15) is 16.8 Å². The Kier molecular flexibility index (Phi) is 9.96. The SMILES string of the molecule is CN=C(NCCOc1cccc(NC(C)=O)c1)NCc1ncc(C)s1.I. The highest BCUT2D eigenvalue weighted by Crippen LogP contribution is 2.17. The number of hydrogen-bond donors (Lipinski definition) is 3. The first-order valence-corrected chi connectivity index (χ1v) is 8.74. The molecule has 9 heteroatoms. The van der Waals surface area contributed by atoms with Crippen LogP contribution in [0, 0.1) is 6.92 Å². The largest absolute Gasteiger partial charge is 0.492 e. The zero-order chi connectivity index (χ0) is 18.1. The summed E-state index contributed by atoms with van der Waals surface area (Å²) in [7, 11) is 1.72. The van der Waals surface area contributed by atoms with E-state index in [1.165, 1.54) is 11.8 Å². The lowest BCUT2D eigenvalue weighted by molar-refractivity contribution is -0.114. The molecular formula is C17H24IN5O2S. The van der Waals surface area contributed by atoms with E-state index in [0.717, 1.165) is 5.01 Å². The molecule has 0 saturated carbocycles. The second kappa shape index (κ2) is 11.7. The lowest BCUT2D eigenvalue weighted by Crippen LogP contribution is -2.38. The highest BCUT2D eigenvalue weighted by atomic mass is 127. The number of guanidine groups is 1. The van der Waals surface area contributed by atoms with Crippen molar-refractivity contribution < 1.29 is 9.53 Å². The summed E-state index contributed by atoms with van der Waals surface area (Å²) < 4.78 is 5.68. The van der Waals surface area contributed by atoms with Crippen molar-refractivity contribution in [1.82, 2.24) is 15.6 Å². The van der Waals surface area contributed by atoms with Gasteiger partial charge in [-0.05, 0) is 19.1 Å². The first-order chi connectivity index (χ1) is 12.1. The smallest absolute Gasteiger partial charge is 0.221 e. The maximum Gasteiger partial charge on any atom is 0.221 e. The van der Waals surface area contributed by atoms with Crippen LogP contribution in [0.3, 0.4) is 0 Å². The summed E-state index contributed by atoms with van der Waals surface area (Å²) in [6.07, 6.45) is 1.86. The molecule has 0 unspecified atom stereocenters. The monoisotopic (exact) mass is 489 g/mol. The molecule has 1 aromatic carbocycles. The molecule has 2 aromatic rings. The first kappa shape index (κ1) is 22.2. The van der Waals surface area contributed by atoms with Gasteiger partial charge in [0, 0.05) is 36.8 Å². The highest BCUT2D eigenvalue weighted by molar-refractivity contribution is 14.0. The second-order valence-electron chi connectivity index (χ2n) is 5.27. The summed E-state index contributed by atoms with van der Waals surface area (Å²) in [5.41, 5.74) is 0.717. The molecule has 26 heavy (non-hydrogen) atoms. The molecule has 1 aromatic heterocycles. The molecule has 0 radical (unpaired) electrons. The Morgan fingerprint density at radius 2 is 2.15 bits per heavy atom. The number of aliphatic imine (C=N–C) groups is 1. The van der Waals surface area contributed by atoms with Gasteiger partial charge >= 0.3 is 0 Å². The van der Waals surface area contributed by atoms with Crippen molar-refractivity contribution in [2.75, 3.05) is 25.5 Å². The lowest BCUT2D eigenvalue weighted by Gasteiger charge is -2.12. The zero-order valence-electron chi connectivity index (χ0n) is 15.0. The van der Waals surface area contributed by atoms with E-state index in [1.807, 2.05) is 31.3 Å². The highest BCUT2D eigenvalue weighted by Gasteiger charge is 2.02. The molecular weight excluding hydrogens is 465 g/mol. The minimum Gasteiger partial charge on any atom is -0.492 e. The van der Waals surface area contributed by atoms with Crippen LogP contribution < -0.4 is 20.7 Å². The van der Waals surface area contributed by atoms with Gasteiger partial charge in [-0.2, -0.15) is 0 Å². The number of nitrogens with one attached hydrogen (secondary N) is 3. The van der Waals surface area contributed by atoms with E-state index in [1.54, 1.807) is 24.5 Å². The van der Waals surface area contributed by atoms with Gasteiger partial charge in [0.15, 0.2) is 5.96 Å². The predicted octanol–water partition coefficient (Wildman–Crippen LogP) is 2.77. The molecule has 0 saturated heterocycles. The van der Waals surface area contributed by atoms with E-state index in [2.05, 4.69) is 25.9 Å². The van der Waals surface area contributed by atoms with Crippen LogP contribution in [0.2, 0.25) is 0 Å². The molecule has 0 bridgehead atoms. The number of anilines is 1. The molecule has 1 heterocycles. The van der Waals surface area contributed by atoms with Crippen LogP contribution in [0.4, 0.5) is 5.69 Å². The van der Waals surface area contributed by atoms with Crippen molar-refractivity contribution in [1.29, 1.82) is 0 Å². The Labute approximate surface area is 174 Å². The number of halogens is 1. The van der Waals surface area contributed by atoms with Gasteiger partial charge in [-0.3, -0.25) is 9.79 Å². The first-order valence-electron chi connectivity index (χ1n) is 7.93. The van der Waals surface area contributed by atoms with E-state index in [4.69, 9.17) is 4.74 Å². The fraction of sp³-hybridized carbons (Fsp3) is 0.353. The van der Waals surface area contributed by atoms with Gasteiger partial charge in [0.25, 0.3) is 0 Å². The van der Waals surface area contributed by atoms with E-state index >= 15 is 0 Å². The van der Waals surface area contributed by atoms with Crippen molar-refractivity contribution in [3.05, 3.63) is 40.3 Å². The fourth-order valence-electron chi connectivity index (χ4n) is 2.07. The minimum absolute atomic E-state index is 0. The molecule has 7 nitrogen and oxygen atoms in total. The number of nitrogens with zero attached hydrogens (tertiary/aromatic N) is 2. The molecule has 0 aliphatic carbocycles. The summed E-state index contributed by atoms with van der Waals surface area (Å²) in [6.45, 7) is 5.22. The van der Waals surface area contributed by atoms with Crippen LogP contribution in [-0.2, 0) is 11.3 Å². The minimum atomic E-state index is -0.107. The zero-order valence-corrected chi connectivity index (χ0v) is 18.2. The summed E-state index contributed by atoms with van der Waals surface area (Å²) in [5, 5.41) is 10.1. The van der Waals surface area contributed by atoms with Gasteiger partial charge in [-0.15, -0.1) is 35.3 Å². The van der Waals surface area contributed by atoms with E-state index in [0.29, 0.717) is 37.1 Å². The maximum absolute atomic E-state index is 11.1. The average molecular weight is 489 g/mol. The standard InChI is InChI=1S/C17H23N5O2S.HI/c1-12-10-20-16(25-12)11-21-17(18-3)19-7-8-24-15-6-4-5-14(9-15)22-13(2)23;/h4-6,9-10H,7-8,11H2,1-3H3,(H,22,23)(H2,18,19,21);1H. The third-order valence-corrected chi connectivity index (χ3v) is 4.03. The van der Waals surface area contributed by atoms with Crippen LogP contribution in [-0.4, -0.2) is 37.1 Å². The molecule has 2 rings (SSSR count). The Hall–Kier alpha value is -1.88. The third-order valence-electron chi connectivity index (χ3n) is 3.12. The predicted molar refractivity (Wildman–Crippen MR) is 117 cm³/mol. The summed E-state index contributed by atoms with van der Waals surface area (Å²) in [4.78, 5) is 20.7. The van der Waals surface area contributed by atoms with Gasteiger partial charge < -0.3 is 20.7 Å². The molecule has 142 valence electrons. The van der Waals surface area contributed by atoms with Gasteiger partial charge in [-0.1, -0.05) is 6.07 Å². The molecule has 3 N–H and O–H groups in total. The Bertz CT molecular complexity index is 735. The number of aryl methyl sites for hydroxylation is 1. The number of amides is 1. The van der Waals surface area contributed by atoms with Crippen molar-refractivity contribution >= 4 is 52.9 Å². The van der Waals surface area contributed by atoms with Crippen molar-refractivity contribution in [2.45, 2.75) is 20.4 Å². The summed E-state index contributed by atoms with van der Waals surface area (Å²) in [6, 6.07) is 7.30. The Morgan fingerprint density at radius 3 is 2.81 bits per heavy atom. The molecule has 0 atom stereocenters. The van der Waals surface area contributed by atoms with Crippen LogP contribution in [0.5, 0.6) is 5.75 Å². The van der Waals surface area contributed by atoms with Gasteiger partial charge in [0.2, 0.25) is 5.91 Å². The van der Waals surface area contributed by atoms with Crippen LogP contribution in [0.15, 0.2) is 35.5 Å². The quantitative estimate of drug-likeness (QED) is 0.241. The summed E-state index contributed by atoms with van der Waals surface area (Å²) in [5.74, 6) is 1.29. The number of hydrogen-bond acceptors (Lipinski definition) is 5. The van der Waals surface area contributed by atoms with Crippen molar-refractivity contribution in [3.63, 3.8) is 0 Å². The van der Waals surface area contributed by atoms with Gasteiger partial charge in [0.05, 0.1) is 13.1 Å². The van der Waals surface area contributed by atoms with Gasteiger partial charge in [-0.25, -0.2) is 4.98 Å². The lowest BCUT2D eigenvalue weighted by atomic mass is 10.3.